The molecule has 7 heteroatoms. The Labute approximate surface area is 166 Å². The number of nitrogens with zero attached hydrogens (tertiary/aromatic N) is 2. The van der Waals surface area contributed by atoms with Crippen LogP contribution in [-0.4, -0.2) is 22.4 Å². The molecule has 2 aromatic carbocycles. The van der Waals surface area contributed by atoms with E-state index in [1.165, 1.54) is 0 Å². The second-order valence-electron chi connectivity index (χ2n) is 7.33. The van der Waals surface area contributed by atoms with Gasteiger partial charge in [0, 0.05) is 51.3 Å². The van der Waals surface area contributed by atoms with Gasteiger partial charge in [-0.25, -0.2) is 9.97 Å². The molecule has 2 heterocycles. The van der Waals surface area contributed by atoms with Crippen molar-refractivity contribution in [3.05, 3.63) is 65.9 Å². The van der Waals surface area contributed by atoms with Gasteiger partial charge in [-0.2, -0.15) is 0 Å². The van der Waals surface area contributed by atoms with Crippen molar-refractivity contribution in [3.8, 4) is 11.3 Å². The molecular formula is C21H19N4O2S+. The number of rotatable bonds is 4. The largest absolute Gasteiger partial charge is 0.505 e. The molecule has 0 fully saturated rings. The Bertz CT molecular complexity index is 1060. The van der Waals surface area contributed by atoms with Gasteiger partial charge in [0.05, 0.1) is 5.69 Å². The molecule has 0 radical (unpaired) electrons. The number of hydrogen-bond acceptors (Lipinski definition) is 5. The molecule has 1 aliphatic heterocycles. The Morgan fingerprint density at radius 2 is 1.89 bits per heavy atom. The van der Waals surface area contributed by atoms with Crippen LogP contribution in [0.25, 0.3) is 11.3 Å². The zero-order valence-electron chi connectivity index (χ0n) is 15.5. The van der Waals surface area contributed by atoms with Crippen LogP contribution in [0.1, 0.15) is 29.8 Å². The number of hydrogen-bond donors (Lipinski definition) is 2. The fourth-order valence-corrected chi connectivity index (χ4v) is 3.50. The maximum absolute atomic E-state index is 12.2. The summed E-state index contributed by atoms with van der Waals surface area (Å²) in [5.74, 6) is 0.431. The van der Waals surface area contributed by atoms with Gasteiger partial charge in [-0.3, -0.25) is 4.79 Å². The molecule has 2 N–H and O–H groups in total. The minimum absolute atomic E-state index is 0.0365. The number of aromatic nitrogens is 2. The number of anilines is 2. The predicted molar refractivity (Wildman–Crippen MR) is 109 cm³/mol. The SMILES string of the molecule is CC1(C)CNC(=O)c2ccc(-c3ccnc(Nc4ccc([S+]=O)cc4)n3)cc21. The summed E-state index contributed by atoms with van der Waals surface area (Å²) in [6.07, 6.45) is 1.70. The summed E-state index contributed by atoms with van der Waals surface area (Å²) in [4.78, 5) is 21.7. The Hall–Kier alpha value is -3.19. The van der Waals surface area contributed by atoms with E-state index in [1.54, 1.807) is 18.3 Å². The first-order chi connectivity index (χ1) is 13.5. The van der Waals surface area contributed by atoms with Crippen molar-refractivity contribution in [1.82, 2.24) is 15.3 Å². The molecule has 6 nitrogen and oxygen atoms in total. The van der Waals surface area contributed by atoms with Crippen molar-refractivity contribution in [1.29, 1.82) is 0 Å². The van der Waals surface area contributed by atoms with Crippen LogP contribution in [0.15, 0.2) is 59.6 Å². The second kappa shape index (κ2) is 7.09. The van der Waals surface area contributed by atoms with E-state index >= 15 is 0 Å². The first-order valence-corrected chi connectivity index (χ1v) is 9.63. The highest BCUT2D eigenvalue weighted by atomic mass is 32.1. The molecule has 0 spiro atoms. The highest BCUT2D eigenvalue weighted by Gasteiger charge is 2.31. The molecule has 0 saturated carbocycles. The summed E-state index contributed by atoms with van der Waals surface area (Å²) in [5.41, 5.74) is 4.10. The van der Waals surface area contributed by atoms with Crippen molar-refractivity contribution in [3.63, 3.8) is 0 Å². The van der Waals surface area contributed by atoms with Crippen LogP contribution in [0, 0.1) is 0 Å². The third-order valence-electron chi connectivity index (χ3n) is 4.84. The van der Waals surface area contributed by atoms with Gasteiger partial charge in [0.15, 0.2) is 0 Å². The number of amides is 1. The smallest absolute Gasteiger partial charge is 0.351 e. The van der Waals surface area contributed by atoms with E-state index in [-0.39, 0.29) is 11.3 Å². The molecule has 0 unspecified atom stereocenters. The van der Waals surface area contributed by atoms with Crippen LogP contribution >= 0.6 is 0 Å². The van der Waals surface area contributed by atoms with Crippen LogP contribution in [0.2, 0.25) is 0 Å². The minimum atomic E-state index is -0.144. The maximum atomic E-state index is 12.2. The number of carbonyl (C=O) groups is 1. The summed E-state index contributed by atoms with van der Waals surface area (Å²) in [7, 11) is 0. The lowest BCUT2D eigenvalue weighted by Gasteiger charge is -2.32. The lowest BCUT2D eigenvalue weighted by atomic mass is 9.78. The van der Waals surface area contributed by atoms with E-state index in [0.717, 1.165) is 22.5 Å². The van der Waals surface area contributed by atoms with Gasteiger partial charge in [0.25, 0.3) is 10.8 Å². The Morgan fingerprint density at radius 3 is 2.64 bits per heavy atom. The van der Waals surface area contributed by atoms with Crippen molar-refractivity contribution in [2.45, 2.75) is 24.2 Å². The topological polar surface area (TPSA) is 84.0 Å². The monoisotopic (exact) mass is 391 g/mol. The normalized spacial score (nSPS) is 14.7. The zero-order valence-corrected chi connectivity index (χ0v) is 16.3. The summed E-state index contributed by atoms with van der Waals surface area (Å²) in [5, 5.41) is 6.09. The minimum Gasteiger partial charge on any atom is -0.351 e. The van der Waals surface area contributed by atoms with Gasteiger partial charge in [0.2, 0.25) is 5.95 Å². The quantitative estimate of drug-likeness (QED) is 0.663. The number of nitrogens with one attached hydrogen (secondary N) is 2. The van der Waals surface area contributed by atoms with Gasteiger partial charge in [-0.05, 0) is 35.9 Å². The van der Waals surface area contributed by atoms with Crippen molar-refractivity contribution < 1.29 is 9.00 Å². The van der Waals surface area contributed by atoms with Gasteiger partial charge >= 0.3 is 11.7 Å². The van der Waals surface area contributed by atoms with Crippen LogP contribution < -0.4 is 10.6 Å². The van der Waals surface area contributed by atoms with Crippen LogP contribution in [0.3, 0.4) is 0 Å². The van der Waals surface area contributed by atoms with Gasteiger partial charge in [-0.1, -0.05) is 19.9 Å². The number of carbonyl (C=O) groups excluding carboxylic acids is 1. The van der Waals surface area contributed by atoms with Crippen molar-refractivity contribution >= 4 is 29.2 Å². The molecule has 0 aliphatic carbocycles. The predicted octanol–water partition coefficient (Wildman–Crippen LogP) is 3.70. The third kappa shape index (κ3) is 3.48. The Balaban J connectivity index is 1.66. The molecule has 1 amide bonds. The first kappa shape index (κ1) is 18.2. The van der Waals surface area contributed by atoms with E-state index < -0.39 is 0 Å². The van der Waals surface area contributed by atoms with E-state index in [0.29, 0.717) is 34.6 Å². The standard InChI is InChI=1S/C21H18N4O2S/c1-21(2)12-23-19(26)16-8-3-13(11-17(16)21)18-9-10-22-20(25-18)24-14-4-6-15(28-27)7-5-14/h3-11H,12H2,1-2H3,(H-,22,23,24,25,26,27)/p+1. The van der Waals surface area contributed by atoms with Crippen molar-refractivity contribution in [2.75, 3.05) is 11.9 Å². The lowest BCUT2D eigenvalue weighted by molar-refractivity contribution is 0.0930. The average molecular weight is 391 g/mol. The fraction of sp³-hybridized carbons (Fsp3) is 0.190. The summed E-state index contributed by atoms with van der Waals surface area (Å²) < 4.78 is 10.8. The molecular weight excluding hydrogens is 372 g/mol. The molecule has 0 saturated heterocycles. The van der Waals surface area contributed by atoms with Crippen LogP contribution in [0.5, 0.6) is 0 Å². The summed E-state index contributed by atoms with van der Waals surface area (Å²) >= 11 is 0.457. The van der Waals surface area contributed by atoms with E-state index in [1.807, 2.05) is 36.4 Å². The molecule has 1 aliphatic rings. The van der Waals surface area contributed by atoms with E-state index in [2.05, 4.69) is 34.4 Å². The van der Waals surface area contributed by atoms with Crippen molar-refractivity contribution in [2.24, 2.45) is 0 Å². The first-order valence-electron chi connectivity index (χ1n) is 8.89. The van der Waals surface area contributed by atoms with Crippen LogP contribution in [0.4, 0.5) is 11.6 Å². The number of benzene rings is 2. The lowest BCUT2D eigenvalue weighted by Crippen LogP contribution is -2.43. The fourth-order valence-electron chi connectivity index (χ4n) is 3.26. The van der Waals surface area contributed by atoms with E-state index in [9.17, 15) is 9.00 Å². The van der Waals surface area contributed by atoms with Crippen LogP contribution in [-0.2, 0) is 21.3 Å². The van der Waals surface area contributed by atoms with Gasteiger partial charge < -0.3 is 10.6 Å². The second-order valence-corrected chi connectivity index (χ2v) is 7.96. The highest BCUT2D eigenvalue weighted by Crippen LogP contribution is 2.33. The Kier molecular flexibility index (Phi) is 4.60. The molecule has 28 heavy (non-hydrogen) atoms. The van der Waals surface area contributed by atoms with Gasteiger partial charge in [0.1, 0.15) is 0 Å². The molecule has 0 bridgehead atoms. The average Bonchev–Trinajstić information content (AvgIpc) is 2.72. The Morgan fingerprint density at radius 1 is 1.11 bits per heavy atom. The molecule has 140 valence electrons. The molecule has 3 aromatic rings. The maximum Gasteiger partial charge on any atom is 0.505 e. The molecule has 1 aromatic heterocycles. The zero-order chi connectivity index (χ0) is 19.7. The molecule has 4 rings (SSSR count). The summed E-state index contributed by atoms with van der Waals surface area (Å²) in [6.45, 7) is 4.84. The highest BCUT2D eigenvalue weighted by molar-refractivity contribution is 7.65. The third-order valence-corrected chi connectivity index (χ3v) is 5.31. The molecule has 0 atom stereocenters. The van der Waals surface area contributed by atoms with E-state index in [4.69, 9.17) is 0 Å². The summed E-state index contributed by atoms with van der Waals surface area (Å²) in [6, 6.07) is 14.8. The number of fused-ring (bicyclic) bond motifs is 1. The van der Waals surface area contributed by atoms with Gasteiger partial charge in [-0.15, -0.1) is 0 Å².